The highest BCUT2D eigenvalue weighted by Crippen LogP contribution is 2.39. The normalized spacial score (nSPS) is 15.1. The van der Waals surface area contributed by atoms with E-state index in [-0.39, 0.29) is 11.8 Å². The third-order valence-corrected chi connectivity index (χ3v) is 7.30. The van der Waals surface area contributed by atoms with Crippen molar-refractivity contribution in [3.05, 3.63) is 62.3 Å². The fourth-order valence-corrected chi connectivity index (χ4v) is 5.60. The van der Waals surface area contributed by atoms with E-state index in [9.17, 15) is 14.9 Å². The topological polar surface area (TPSA) is 117 Å². The second-order valence-corrected chi connectivity index (χ2v) is 9.65. The van der Waals surface area contributed by atoms with Crippen LogP contribution in [0.3, 0.4) is 0 Å². The van der Waals surface area contributed by atoms with Crippen molar-refractivity contribution in [1.29, 1.82) is 5.26 Å². The van der Waals surface area contributed by atoms with Gasteiger partial charge >= 0.3 is 6.09 Å². The van der Waals surface area contributed by atoms with Crippen molar-refractivity contribution in [1.82, 2.24) is 10.3 Å². The number of hydrogen-bond acceptors (Lipinski definition) is 8. The number of anilines is 1. The molecule has 0 aromatic carbocycles. The fourth-order valence-electron chi connectivity index (χ4n) is 3.58. The number of aryl methyl sites for hydroxylation is 1. The lowest BCUT2D eigenvalue weighted by molar-refractivity contribution is -0.111. The molecule has 3 heterocycles. The quantitative estimate of drug-likeness (QED) is 0.473. The average molecular weight is 483 g/mol. The minimum atomic E-state index is -0.464. The number of ether oxygens (including phenoxy) is 1. The predicted molar refractivity (Wildman–Crippen MR) is 126 cm³/mol. The van der Waals surface area contributed by atoms with E-state index in [1.807, 2.05) is 12.3 Å². The molecule has 3 aromatic heterocycles. The third kappa shape index (κ3) is 5.88. The van der Waals surface area contributed by atoms with Gasteiger partial charge in [0.2, 0.25) is 5.91 Å². The van der Waals surface area contributed by atoms with Crippen LogP contribution in [0.5, 0.6) is 0 Å². The molecule has 3 aromatic rings. The number of carbonyl (C=O) groups excluding carboxylic acids is 2. The largest absolute Gasteiger partial charge is 0.465 e. The first-order chi connectivity index (χ1) is 16.0. The first kappa shape index (κ1) is 22.8. The number of thiophene rings is 1. The third-order valence-electron chi connectivity index (χ3n) is 5.16. The summed E-state index contributed by atoms with van der Waals surface area (Å²) in [6.07, 6.45) is 6.23. The number of thiazole rings is 1. The van der Waals surface area contributed by atoms with E-state index in [4.69, 9.17) is 9.15 Å². The summed E-state index contributed by atoms with van der Waals surface area (Å²) in [5, 5.41) is 18.5. The summed E-state index contributed by atoms with van der Waals surface area (Å²) in [7, 11) is 0. The lowest BCUT2D eigenvalue weighted by Crippen LogP contribution is -2.27. The zero-order chi connectivity index (χ0) is 23.2. The number of furan rings is 1. The van der Waals surface area contributed by atoms with Gasteiger partial charge in [0.1, 0.15) is 21.8 Å². The number of rotatable bonds is 7. The highest BCUT2D eigenvalue weighted by Gasteiger charge is 2.27. The van der Waals surface area contributed by atoms with Crippen molar-refractivity contribution in [2.24, 2.45) is 5.92 Å². The Labute approximate surface area is 198 Å². The summed E-state index contributed by atoms with van der Waals surface area (Å²) in [4.78, 5) is 29.7. The lowest BCUT2D eigenvalue weighted by Gasteiger charge is -2.21. The first-order valence-electron chi connectivity index (χ1n) is 10.4. The van der Waals surface area contributed by atoms with Gasteiger partial charge in [0.15, 0.2) is 0 Å². The number of fused-ring (bicyclic) bond motifs is 1. The van der Waals surface area contributed by atoms with Gasteiger partial charge in [-0.05, 0) is 55.9 Å². The summed E-state index contributed by atoms with van der Waals surface area (Å²) in [5.74, 6) is 0.413. The standard InChI is InChI=1S/C23H22N4O4S2/c1-14-13-32-21(26-14)11-25-23(29)31-12-15-4-6-17-18(10-24)22(33-19(17)9-15)27-20(28)7-5-16-3-2-8-30-16/h2-3,5,7-8,13,15H,4,6,9,11-12H2,1H3,(H,25,29)(H,27,28)/b7-5+. The van der Waals surface area contributed by atoms with Gasteiger partial charge in [0.05, 0.1) is 25.0 Å². The van der Waals surface area contributed by atoms with E-state index in [0.29, 0.717) is 42.3 Å². The molecule has 0 saturated carbocycles. The second kappa shape index (κ2) is 10.5. The number of carbonyl (C=O) groups is 2. The fraction of sp³-hybridized carbons (Fsp3) is 0.304. The Bertz CT molecular complexity index is 1200. The van der Waals surface area contributed by atoms with Crippen LogP contribution in [0.2, 0.25) is 0 Å². The number of nitriles is 1. The zero-order valence-corrected chi connectivity index (χ0v) is 19.6. The Morgan fingerprint density at radius 2 is 2.33 bits per heavy atom. The molecule has 10 heteroatoms. The number of aromatic nitrogens is 1. The van der Waals surface area contributed by atoms with E-state index >= 15 is 0 Å². The van der Waals surface area contributed by atoms with Gasteiger partial charge in [0.25, 0.3) is 0 Å². The molecular formula is C23H22N4O4S2. The van der Waals surface area contributed by atoms with Crippen molar-refractivity contribution in [2.75, 3.05) is 11.9 Å². The van der Waals surface area contributed by atoms with Crippen LogP contribution in [0, 0.1) is 24.2 Å². The lowest BCUT2D eigenvalue weighted by atomic mass is 9.88. The molecule has 8 nitrogen and oxygen atoms in total. The monoisotopic (exact) mass is 482 g/mol. The molecule has 0 radical (unpaired) electrons. The first-order valence-corrected chi connectivity index (χ1v) is 12.1. The molecule has 2 N–H and O–H groups in total. The molecule has 170 valence electrons. The molecule has 0 saturated heterocycles. The molecule has 0 fully saturated rings. The molecule has 0 bridgehead atoms. The maximum atomic E-state index is 12.3. The van der Waals surface area contributed by atoms with Crippen molar-refractivity contribution in [2.45, 2.75) is 32.7 Å². The highest BCUT2D eigenvalue weighted by molar-refractivity contribution is 7.16. The number of nitrogens with one attached hydrogen (secondary N) is 2. The SMILES string of the molecule is Cc1csc(CNC(=O)OCC2CCc3c(sc(NC(=O)/C=C/c4ccco4)c3C#N)C2)n1. The Morgan fingerprint density at radius 3 is 3.06 bits per heavy atom. The summed E-state index contributed by atoms with van der Waals surface area (Å²) in [6, 6.07) is 5.72. The Morgan fingerprint density at radius 1 is 1.45 bits per heavy atom. The molecule has 1 unspecified atom stereocenters. The molecule has 0 aliphatic heterocycles. The summed E-state index contributed by atoms with van der Waals surface area (Å²) in [5.41, 5.74) is 2.43. The summed E-state index contributed by atoms with van der Waals surface area (Å²) in [6.45, 7) is 2.56. The minimum Gasteiger partial charge on any atom is -0.465 e. The maximum absolute atomic E-state index is 12.3. The van der Waals surface area contributed by atoms with Crippen molar-refractivity contribution >= 4 is 45.8 Å². The molecule has 1 atom stereocenters. The Kier molecular flexibility index (Phi) is 7.22. The van der Waals surface area contributed by atoms with Gasteiger partial charge in [0, 0.05) is 22.0 Å². The van der Waals surface area contributed by atoms with Crippen molar-refractivity contribution < 1.29 is 18.7 Å². The van der Waals surface area contributed by atoms with E-state index in [0.717, 1.165) is 27.6 Å². The maximum Gasteiger partial charge on any atom is 0.407 e. The molecule has 0 spiro atoms. The second-order valence-electron chi connectivity index (χ2n) is 7.60. The van der Waals surface area contributed by atoms with Crippen molar-refractivity contribution in [3.8, 4) is 6.07 Å². The highest BCUT2D eigenvalue weighted by atomic mass is 32.1. The van der Waals surface area contributed by atoms with Crippen molar-refractivity contribution in [3.63, 3.8) is 0 Å². The molecule has 2 amide bonds. The van der Waals surface area contributed by atoms with Gasteiger partial charge in [-0.15, -0.1) is 22.7 Å². The number of hydrogen-bond donors (Lipinski definition) is 2. The van der Waals surface area contributed by atoms with E-state index in [1.165, 1.54) is 35.0 Å². The minimum absolute atomic E-state index is 0.165. The average Bonchev–Trinajstić information content (AvgIpc) is 3.54. The number of amides is 2. The molecule has 1 aliphatic rings. The molecule has 33 heavy (non-hydrogen) atoms. The molecule has 1 aliphatic carbocycles. The Hall–Kier alpha value is -3.42. The zero-order valence-electron chi connectivity index (χ0n) is 17.9. The number of nitrogens with zero attached hydrogens (tertiary/aromatic N) is 2. The van der Waals surface area contributed by atoms with Crippen LogP contribution >= 0.6 is 22.7 Å². The summed E-state index contributed by atoms with van der Waals surface area (Å²) < 4.78 is 10.6. The van der Waals surface area contributed by atoms with Crippen LogP contribution in [0.25, 0.3) is 6.08 Å². The van der Waals surface area contributed by atoms with E-state index in [1.54, 1.807) is 18.2 Å². The van der Waals surface area contributed by atoms with Gasteiger partial charge in [-0.3, -0.25) is 4.79 Å². The van der Waals surface area contributed by atoms with Crippen LogP contribution in [0.15, 0.2) is 34.3 Å². The molecular weight excluding hydrogens is 460 g/mol. The molecule has 4 rings (SSSR count). The van der Waals surface area contributed by atoms with Crippen LogP contribution in [0.4, 0.5) is 9.80 Å². The van der Waals surface area contributed by atoms with Gasteiger partial charge in [-0.1, -0.05) is 0 Å². The smallest absolute Gasteiger partial charge is 0.407 e. The van der Waals surface area contributed by atoms with E-state index < -0.39 is 6.09 Å². The van der Waals surface area contributed by atoms with Gasteiger partial charge in [-0.2, -0.15) is 5.26 Å². The van der Waals surface area contributed by atoms with Gasteiger partial charge < -0.3 is 19.8 Å². The van der Waals surface area contributed by atoms with Gasteiger partial charge in [-0.25, -0.2) is 9.78 Å². The summed E-state index contributed by atoms with van der Waals surface area (Å²) >= 11 is 2.91. The van der Waals surface area contributed by atoms with Crippen LogP contribution in [0.1, 0.15) is 38.9 Å². The van der Waals surface area contributed by atoms with E-state index in [2.05, 4.69) is 21.7 Å². The van der Waals surface area contributed by atoms with Crippen LogP contribution in [-0.4, -0.2) is 23.6 Å². The number of alkyl carbamates (subject to hydrolysis) is 1. The Balaban J connectivity index is 1.31. The van der Waals surface area contributed by atoms with Crippen LogP contribution in [-0.2, 0) is 28.9 Å². The van der Waals surface area contributed by atoms with Crippen LogP contribution < -0.4 is 10.6 Å². The predicted octanol–water partition coefficient (Wildman–Crippen LogP) is 4.66.